The highest BCUT2D eigenvalue weighted by Crippen LogP contribution is 2.22. The number of rotatable bonds is 4. The second-order valence-corrected chi connectivity index (χ2v) is 4.43. The molecule has 15 heavy (non-hydrogen) atoms. The van der Waals surface area contributed by atoms with Crippen LogP contribution in [0.1, 0.15) is 32.6 Å². The maximum atomic E-state index is 11.1. The van der Waals surface area contributed by atoms with Crippen molar-refractivity contribution in [2.45, 2.75) is 44.7 Å². The first-order chi connectivity index (χ1) is 7.15. The number of nitrogens with two attached hydrogens (primary N) is 1. The van der Waals surface area contributed by atoms with E-state index in [1.54, 1.807) is 6.92 Å². The largest absolute Gasteiger partial charge is 0.352 e. The molecule has 1 aliphatic rings. The van der Waals surface area contributed by atoms with Gasteiger partial charge in [-0.25, -0.2) is 0 Å². The molecule has 3 N–H and O–H groups in total. The average molecular weight is 213 g/mol. The van der Waals surface area contributed by atoms with Gasteiger partial charge in [-0.15, -0.1) is 0 Å². The van der Waals surface area contributed by atoms with Crippen LogP contribution < -0.4 is 11.1 Å². The molecule has 0 aromatic carbocycles. The van der Waals surface area contributed by atoms with Crippen molar-refractivity contribution in [3.63, 3.8) is 0 Å². The molecule has 1 fully saturated rings. The van der Waals surface area contributed by atoms with Gasteiger partial charge in [0.25, 0.3) is 0 Å². The molecule has 2 atom stereocenters. The fourth-order valence-corrected chi connectivity index (χ4v) is 2.44. The Morgan fingerprint density at radius 2 is 2.13 bits per heavy atom. The van der Waals surface area contributed by atoms with Crippen molar-refractivity contribution in [1.29, 1.82) is 0 Å². The average Bonchev–Trinajstić information content (AvgIpc) is 2.18. The van der Waals surface area contributed by atoms with Crippen LogP contribution in [0.25, 0.3) is 0 Å². The van der Waals surface area contributed by atoms with E-state index in [-0.39, 0.29) is 5.91 Å². The molecule has 1 rings (SSSR count). The molecule has 0 spiro atoms. The molecule has 4 heteroatoms. The Bertz CT molecular complexity index is 208. The van der Waals surface area contributed by atoms with Crippen molar-refractivity contribution < 1.29 is 4.79 Å². The summed E-state index contributed by atoms with van der Waals surface area (Å²) in [6.07, 6.45) is 4.74. The number of hydrogen-bond donors (Lipinski definition) is 2. The molecular formula is C11H23N3O. The quantitative estimate of drug-likeness (QED) is 0.707. The number of amides is 1. The Morgan fingerprint density at radius 3 is 2.73 bits per heavy atom. The summed E-state index contributed by atoms with van der Waals surface area (Å²) in [7, 11) is 2.09. The molecule has 1 saturated carbocycles. The van der Waals surface area contributed by atoms with Crippen LogP contribution in [-0.2, 0) is 4.79 Å². The third-order valence-corrected chi connectivity index (χ3v) is 3.17. The van der Waals surface area contributed by atoms with Gasteiger partial charge in [-0.05, 0) is 19.9 Å². The molecule has 88 valence electrons. The standard InChI is InChI=1S/C11H23N3O/c1-9(15)13-10-5-3-4-6-11(10)14(2)8-7-12/h10-11H,3-8,12H2,1-2H3,(H,13,15)/t10-,11+/m1/s1. The Labute approximate surface area is 92.2 Å². The lowest BCUT2D eigenvalue weighted by Crippen LogP contribution is -2.52. The summed E-state index contributed by atoms with van der Waals surface area (Å²) < 4.78 is 0. The first-order valence-electron chi connectivity index (χ1n) is 5.82. The minimum atomic E-state index is 0.0769. The molecule has 0 unspecified atom stereocenters. The first kappa shape index (κ1) is 12.5. The van der Waals surface area contributed by atoms with Gasteiger partial charge in [-0.2, -0.15) is 0 Å². The molecule has 0 aromatic rings. The van der Waals surface area contributed by atoms with E-state index in [2.05, 4.69) is 17.3 Å². The number of nitrogens with zero attached hydrogens (tertiary/aromatic N) is 1. The van der Waals surface area contributed by atoms with Gasteiger partial charge >= 0.3 is 0 Å². The Morgan fingerprint density at radius 1 is 1.47 bits per heavy atom. The van der Waals surface area contributed by atoms with Crippen LogP contribution in [0.3, 0.4) is 0 Å². The minimum absolute atomic E-state index is 0.0769. The monoisotopic (exact) mass is 213 g/mol. The van der Waals surface area contributed by atoms with Crippen molar-refractivity contribution >= 4 is 5.91 Å². The number of nitrogens with one attached hydrogen (secondary N) is 1. The summed E-state index contributed by atoms with van der Waals surface area (Å²) in [5.74, 6) is 0.0769. The molecule has 0 saturated heterocycles. The van der Waals surface area contributed by atoms with Gasteiger partial charge in [0, 0.05) is 32.1 Å². The van der Waals surface area contributed by atoms with Crippen molar-refractivity contribution in [2.24, 2.45) is 5.73 Å². The van der Waals surface area contributed by atoms with Gasteiger partial charge in [0.2, 0.25) is 5.91 Å². The fraction of sp³-hybridized carbons (Fsp3) is 0.909. The molecule has 0 heterocycles. The second kappa shape index (κ2) is 6.08. The van der Waals surface area contributed by atoms with Crippen LogP contribution in [-0.4, -0.2) is 43.0 Å². The zero-order valence-electron chi connectivity index (χ0n) is 9.83. The smallest absolute Gasteiger partial charge is 0.217 e. The summed E-state index contributed by atoms with van der Waals surface area (Å²) in [5, 5.41) is 3.05. The predicted octanol–water partition coefficient (Wildman–Crippen LogP) is 0.324. The summed E-state index contributed by atoms with van der Waals surface area (Å²) in [5.41, 5.74) is 5.55. The maximum Gasteiger partial charge on any atom is 0.217 e. The van der Waals surface area contributed by atoms with E-state index in [1.165, 1.54) is 19.3 Å². The second-order valence-electron chi connectivity index (χ2n) is 4.43. The molecule has 0 bridgehead atoms. The Hall–Kier alpha value is -0.610. The van der Waals surface area contributed by atoms with Gasteiger partial charge in [0.15, 0.2) is 0 Å². The number of hydrogen-bond acceptors (Lipinski definition) is 3. The molecule has 4 nitrogen and oxygen atoms in total. The summed E-state index contributed by atoms with van der Waals surface area (Å²) in [6, 6.07) is 0.777. The van der Waals surface area contributed by atoms with E-state index in [0.29, 0.717) is 18.6 Å². The molecular weight excluding hydrogens is 190 g/mol. The highest BCUT2D eigenvalue weighted by Gasteiger charge is 2.28. The van der Waals surface area contributed by atoms with Gasteiger partial charge in [-0.3, -0.25) is 4.79 Å². The zero-order valence-corrected chi connectivity index (χ0v) is 9.83. The van der Waals surface area contributed by atoms with Crippen molar-refractivity contribution in [3.8, 4) is 0 Å². The van der Waals surface area contributed by atoms with Crippen LogP contribution in [0, 0.1) is 0 Å². The minimum Gasteiger partial charge on any atom is -0.352 e. The highest BCUT2D eigenvalue weighted by atomic mass is 16.1. The SMILES string of the molecule is CC(=O)N[C@@H]1CCCC[C@@H]1N(C)CCN. The van der Waals surface area contributed by atoms with Crippen LogP contribution >= 0.6 is 0 Å². The van der Waals surface area contributed by atoms with Crippen LogP contribution in [0.15, 0.2) is 0 Å². The van der Waals surface area contributed by atoms with Crippen LogP contribution in [0.5, 0.6) is 0 Å². The van der Waals surface area contributed by atoms with E-state index >= 15 is 0 Å². The Balaban J connectivity index is 2.52. The number of likely N-dealkylation sites (N-methyl/N-ethyl adjacent to an activating group) is 1. The lowest BCUT2D eigenvalue weighted by Gasteiger charge is -2.38. The molecule has 0 radical (unpaired) electrons. The highest BCUT2D eigenvalue weighted by molar-refractivity contribution is 5.73. The zero-order chi connectivity index (χ0) is 11.3. The van der Waals surface area contributed by atoms with Crippen molar-refractivity contribution in [1.82, 2.24) is 10.2 Å². The van der Waals surface area contributed by atoms with E-state index in [9.17, 15) is 4.79 Å². The third-order valence-electron chi connectivity index (χ3n) is 3.17. The van der Waals surface area contributed by atoms with E-state index < -0.39 is 0 Å². The molecule has 0 aromatic heterocycles. The van der Waals surface area contributed by atoms with Crippen molar-refractivity contribution in [3.05, 3.63) is 0 Å². The maximum absolute atomic E-state index is 11.1. The Kier molecular flexibility index (Phi) is 5.05. The van der Waals surface area contributed by atoms with E-state index in [1.807, 2.05) is 0 Å². The third kappa shape index (κ3) is 3.80. The number of carbonyl (C=O) groups excluding carboxylic acids is 1. The summed E-state index contributed by atoms with van der Waals surface area (Å²) in [4.78, 5) is 13.4. The lowest BCUT2D eigenvalue weighted by atomic mass is 9.89. The van der Waals surface area contributed by atoms with Crippen LogP contribution in [0.2, 0.25) is 0 Å². The lowest BCUT2D eigenvalue weighted by molar-refractivity contribution is -0.120. The van der Waals surface area contributed by atoms with Gasteiger partial charge < -0.3 is 16.0 Å². The molecule has 0 aliphatic heterocycles. The predicted molar refractivity (Wildman–Crippen MR) is 61.5 cm³/mol. The summed E-state index contributed by atoms with van der Waals surface area (Å²) >= 11 is 0. The van der Waals surface area contributed by atoms with Gasteiger partial charge in [0.1, 0.15) is 0 Å². The van der Waals surface area contributed by atoms with Gasteiger partial charge in [0.05, 0.1) is 0 Å². The molecule has 1 aliphatic carbocycles. The van der Waals surface area contributed by atoms with E-state index in [0.717, 1.165) is 13.0 Å². The van der Waals surface area contributed by atoms with Crippen molar-refractivity contribution in [2.75, 3.05) is 20.1 Å². The molecule has 1 amide bonds. The number of carbonyl (C=O) groups is 1. The van der Waals surface area contributed by atoms with Crippen LogP contribution in [0.4, 0.5) is 0 Å². The first-order valence-corrected chi connectivity index (χ1v) is 5.82. The topological polar surface area (TPSA) is 58.4 Å². The summed E-state index contributed by atoms with van der Waals surface area (Å²) in [6.45, 7) is 3.18. The fourth-order valence-electron chi connectivity index (χ4n) is 2.44. The van der Waals surface area contributed by atoms with Gasteiger partial charge in [-0.1, -0.05) is 12.8 Å². The normalized spacial score (nSPS) is 26.7. The van der Waals surface area contributed by atoms with E-state index in [4.69, 9.17) is 5.73 Å².